The first-order chi connectivity index (χ1) is 15.8. The summed E-state index contributed by atoms with van der Waals surface area (Å²) in [7, 11) is 0. The van der Waals surface area contributed by atoms with E-state index in [1.807, 2.05) is 48.7 Å². The summed E-state index contributed by atoms with van der Waals surface area (Å²) in [6.45, 7) is 0. The Labute approximate surface area is 231 Å². The molecule has 1 heterocycles. The number of aromatic amines is 1. The van der Waals surface area contributed by atoms with Crippen LogP contribution in [0.4, 0.5) is 0 Å². The summed E-state index contributed by atoms with van der Waals surface area (Å²) >= 11 is 0. The molecule has 0 aliphatic heterocycles. The number of nitrogens with zero attached hydrogens (tertiary/aromatic N) is 1. The minimum absolute atomic E-state index is 0. The number of nitrogens with one attached hydrogen (secondary N) is 1. The van der Waals surface area contributed by atoms with Gasteiger partial charge in [0.25, 0.3) is 0 Å². The molecule has 0 atom stereocenters. The predicted molar refractivity (Wildman–Crippen MR) is 134 cm³/mol. The fourth-order valence-corrected chi connectivity index (χ4v) is 3.86. The second-order valence-corrected chi connectivity index (χ2v) is 7.62. The molecular weight excluding hydrogens is 476 g/mol. The van der Waals surface area contributed by atoms with Crippen LogP contribution in [0.3, 0.4) is 0 Å². The summed E-state index contributed by atoms with van der Waals surface area (Å²) in [5, 5.41) is 9.04. The Kier molecular flexibility index (Phi) is 7.54. The van der Waals surface area contributed by atoms with Crippen LogP contribution < -0.4 is 4.98 Å². The topological polar surface area (TPSA) is 37.9 Å². The van der Waals surface area contributed by atoms with Gasteiger partial charge in [-0.05, 0) is 58.1 Å². The van der Waals surface area contributed by atoms with Crippen molar-refractivity contribution in [3.8, 4) is 50.7 Å². The normalized spacial score (nSPS) is 10.2. The van der Waals surface area contributed by atoms with E-state index >= 15 is 0 Å². The van der Waals surface area contributed by atoms with Gasteiger partial charge < -0.3 is 0 Å². The number of pyridine rings is 1. The summed E-state index contributed by atoms with van der Waals surface area (Å²) in [5.41, 5.74) is 9.63. The van der Waals surface area contributed by atoms with Crippen LogP contribution in [0.25, 0.3) is 44.6 Å². The monoisotopic (exact) mass is 496 g/mol. The van der Waals surface area contributed by atoms with Crippen molar-refractivity contribution in [2.24, 2.45) is 0 Å². The van der Waals surface area contributed by atoms with Gasteiger partial charge in [-0.25, -0.2) is 0 Å². The number of H-pyrrole nitrogens is 1. The zero-order valence-electron chi connectivity index (χ0n) is 18.1. The minimum Gasteiger partial charge on any atom is -0.251 e. The third-order valence-corrected chi connectivity index (χ3v) is 5.54. The van der Waals surface area contributed by atoms with Crippen molar-refractivity contribution in [3.05, 3.63) is 127 Å². The SMILES string of the molecule is N#Cc1ccc(-c2cccc(-c3cccc(-c4cc[c-]c(-c5cccc[nH+]5)c4)c3)c2)cc1.[Sr+2]. The second-order valence-electron chi connectivity index (χ2n) is 7.62. The van der Waals surface area contributed by atoms with Crippen LogP contribution in [0.1, 0.15) is 5.56 Å². The van der Waals surface area contributed by atoms with Crippen molar-refractivity contribution in [1.29, 1.82) is 5.26 Å². The van der Waals surface area contributed by atoms with Crippen molar-refractivity contribution in [2.75, 3.05) is 0 Å². The van der Waals surface area contributed by atoms with Gasteiger partial charge in [0, 0.05) is 6.07 Å². The molecule has 0 aliphatic rings. The minimum atomic E-state index is 0. The van der Waals surface area contributed by atoms with Gasteiger partial charge in [0.1, 0.15) is 5.69 Å². The van der Waals surface area contributed by atoms with E-state index in [1.165, 1.54) is 5.56 Å². The summed E-state index contributed by atoms with van der Waals surface area (Å²) in [6, 6.07) is 42.6. The van der Waals surface area contributed by atoms with Gasteiger partial charge >= 0.3 is 45.5 Å². The van der Waals surface area contributed by atoms with E-state index in [4.69, 9.17) is 5.26 Å². The average Bonchev–Trinajstić information content (AvgIpc) is 2.89. The first-order valence-electron chi connectivity index (χ1n) is 10.5. The molecule has 0 aliphatic carbocycles. The number of benzene rings is 4. The number of hydrogen-bond acceptors (Lipinski definition) is 1. The fraction of sp³-hybridized carbons (Fsp3) is 0. The molecule has 5 aromatic rings. The molecule has 150 valence electrons. The average molecular weight is 496 g/mol. The van der Waals surface area contributed by atoms with Gasteiger partial charge in [0.15, 0.2) is 6.20 Å². The van der Waals surface area contributed by atoms with E-state index in [9.17, 15) is 0 Å². The van der Waals surface area contributed by atoms with Crippen LogP contribution in [-0.4, -0.2) is 45.5 Å². The molecule has 0 fully saturated rings. The van der Waals surface area contributed by atoms with E-state index in [0.717, 1.165) is 39.1 Å². The predicted octanol–water partition coefficient (Wildman–Crippen LogP) is 6.46. The molecule has 0 saturated carbocycles. The van der Waals surface area contributed by atoms with Crippen LogP contribution >= 0.6 is 0 Å². The van der Waals surface area contributed by atoms with Crippen LogP contribution in [-0.2, 0) is 0 Å². The summed E-state index contributed by atoms with van der Waals surface area (Å²) in [5.74, 6) is 0. The van der Waals surface area contributed by atoms with Crippen molar-refractivity contribution in [2.45, 2.75) is 0 Å². The van der Waals surface area contributed by atoms with Gasteiger partial charge in [0.2, 0.25) is 0 Å². The third-order valence-electron chi connectivity index (χ3n) is 5.54. The van der Waals surface area contributed by atoms with Gasteiger partial charge in [-0.3, -0.25) is 4.98 Å². The van der Waals surface area contributed by atoms with Crippen molar-refractivity contribution in [1.82, 2.24) is 0 Å². The Morgan fingerprint density at radius 3 is 1.79 bits per heavy atom. The molecule has 0 radical (unpaired) electrons. The van der Waals surface area contributed by atoms with Crippen molar-refractivity contribution >= 4 is 45.5 Å². The quantitative estimate of drug-likeness (QED) is 0.208. The molecule has 0 bridgehead atoms. The van der Waals surface area contributed by atoms with Crippen LogP contribution in [0, 0.1) is 17.4 Å². The Morgan fingerprint density at radius 2 is 1.21 bits per heavy atom. The Morgan fingerprint density at radius 1 is 0.606 bits per heavy atom. The zero-order valence-corrected chi connectivity index (χ0v) is 21.6. The standard InChI is InChI=1S/C30H19N2.Sr/c31-21-22-13-15-23(16-14-22)24-6-3-7-25(18-24)26-8-4-9-27(19-26)28-10-5-11-29(20-28)30-12-1-2-17-32-30;/h1-10,12-20H;/q-1;+2/p+1. The molecule has 0 saturated heterocycles. The maximum Gasteiger partial charge on any atom is 2.00 e. The molecule has 3 heteroatoms. The second kappa shape index (κ2) is 10.7. The van der Waals surface area contributed by atoms with Gasteiger partial charge in [0.05, 0.1) is 11.6 Å². The Hall–Kier alpha value is -3.00. The van der Waals surface area contributed by atoms with Gasteiger partial charge in [-0.15, -0.1) is 29.8 Å². The molecule has 0 amide bonds. The summed E-state index contributed by atoms with van der Waals surface area (Å²) in [4.78, 5) is 3.28. The van der Waals surface area contributed by atoms with E-state index in [0.29, 0.717) is 5.56 Å². The van der Waals surface area contributed by atoms with Crippen molar-refractivity contribution < 1.29 is 4.98 Å². The van der Waals surface area contributed by atoms with Crippen molar-refractivity contribution in [3.63, 3.8) is 0 Å². The van der Waals surface area contributed by atoms with Crippen LogP contribution in [0.15, 0.2) is 115 Å². The van der Waals surface area contributed by atoms with E-state index in [1.54, 1.807) is 0 Å². The zero-order chi connectivity index (χ0) is 21.8. The first-order valence-corrected chi connectivity index (χ1v) is 10.5. The maximum absolute atomic E-state index is 9.04. The number of nitriles is 1. The first kappa shape index (κ1) is 23.2. The van der Waals surface area contributed by atoms with E-state index in [-0.39, 0.29) is 45.5 Å². The van der Waals surface area contributed by atoms with E-state index < -0.39 is 0 Å². The van der Waals surface area contributed by atoms with E-state index in [2.05, 4.69) is 83.8 Å². The largest absolute Gasteiger partial charge is 2.00 e. The number of hydrogen-bond donors (Lipinski definition) is 0. The molecule has 0 spiro atoms. The summed E-state index contributed by atoms with van der Waals surface area (Å²) < 4.78 is 0. The smallest absolute Gasteiger partial charge is 0.251 e. The Bertz CT molecular complexity index is 1420. The molecule has 1 aromatic heterocycles. The molecule has 4 aromatic carbocycles. The molecule has 1 N–H and O–H groups in total. The number of rotatable bonds is 4. The van der Waals surface area contributed by atoms with Gasteiger partial charge in [-0.1, -0.05) is 60.2 Å². The molecule has 2 nitrogen and oxygen atoms in total. The fourth-order valence-electron chi connectivity index (χ4n) is 3.86. The molecule has 0 unspecified atom stereocenters. The van der Waals surface area contributed by atoms with Gasteiger partial charge in [-0.2, -0.15) is 5.26 Å². The van der Waals surface area contributed by atoms with Crippen LogP contribution in [0.5, 0.6) is 0 Å². The Balaban J connectivity index is 0.00000259. The third kappa shape index (κ3) is 5.33. The number of aromatic nitrogens is 1. The molecule has 33 heavy (non-hydrogen) atoms. The molecular formula is C30H20N2Sr+2. The summed E-state index contributed by atoms with van der Waals surface area (Å²) in [6.07, 6.45) is 1.93. The maximum atomic E-state index is 9.04. The molecule has 5 rings (SSSR count). The van der Waals surface area contributed by atoms with Crippen LogP contribution in [0.2, 0.25) is 0 Å².